The first-order chi connectivity index (χ1) is 25.8. The zero-order valence-corrected chi connectivity index (χ0v) is 32.7. The van der Waals surface area contributed by atoms with Gasteiger partial charge in [0.05, 0.1) is 28.7 Å². The molecular weight excluding hydrogens is 762 g/mol. The molecule has 56 heavy (non-hydrogen) atoms. The number of aromatic nitrogens is 1. The van der Waals surface area contributed by atoms with E-state index in [-0.39, 0.29) is 24.2 Å². The van der Waals surface area contributed by atoms with E-state index in [4.69, 9.17) is 9.47 Å². The lowest BCUT2D eigenvalue weighted by atomic mass is 9.85. The number of carbonyl (C=O) groups is 5. The van der Waals surface area contributed by atoms with Crippen LogP contribution in [-0.4, -0.2) is 88.9 Å². The van der Waals surface area contributed by atoms with Crippen LogP contribution in [-0.2, 0) is 40.1 Å². The maximum Gasteiger partial charge on any atom is 0.416 e. The van der Waals surface area contributed by atoms with E-state index < -0.39 is 104 Å². The fraction of sp³-hybridized carbons (Fsp3) is 0.541. The van der Waals surface area contributed by atoms with Crippen molar-refractivity contribution in [1.82, 2.24) is 24.8 Å². The number of benzene rings is 1. The number of amides is 5. The van der Waals surface area contributed by atoms with Gasteiger partial charge in [-0.05, 0) is 75.8 Å². The van der Waals surface area contributed by atoms with E-state index in [2.05, 4.69) is 27.3 Å². The Balaban J connectivity index is 1.42. The van der Waals surface area contributed by atoms with E-state index >= 15 is 0 Å². The average molecular weight is 809 g/mol. The number of nitrogens with one attached hydrogen (secondary N) is 4. The molecule has 1 aromatic heterocycles. The van der Waals surface area contributed by atoms with E-state index in [1.54, 1.807) is 66.1 Å². The van der Waals surface area contributed by atoms with E-state index in [0.29, 0.717) is 12.8 Å². The monoisotopic (exact) mass is 808 g/mol. The SMILES string of the molecule is C=CC1CC1(NC(=O)C1CC(OC(=O)Nc2cc(C(F)(F)F)ccc2-n2cccc2)CN1C(=O)C(NC(=O)OC(C)(C)C)C(C)(C)C)C(=O)NS(=O)(=O)C1CC1. The fourth-order valence-corrected chi connectivity index (χ4v) is 7.82. The van der Waals surface area contributed by atoms with Crippen LogP contribution in [0.5, 0.6) is 0 Å². The van der Waals surface area contributed by atoms with Crippen LogP contribution >= 0.6 is 0 Å². The van der Waals surface area contributed by atoms with Crippen molar-refractivity contribution in [3.8, 4) is 5.69 Å². The summed E-state index contributed by atoms with van der Waals surface area (Å²) >= 11 is 0. The molecule has 1 saturated heterocycles. The van der Waals surface area contributed by atoms with Gasteiger partial charge in [0.25, 0.3) is 5.91 Å². The van der Waals surface area contributed by atoms with Gasteiger partial charge in [-0.25, -0.2) is 18.0 Å². The van der Waals surface area contributed by atoms with Gasteiger partial charge < -0.3 is 29.6 Å². The minimum Gasteiger partial charge on any atom is -0.444 e. The number of hydrogen-bond acceptors (Lipinski definition) is 9. The second kappa shape index (κ2) is 15.1. The number of sulfonamides is 1. The van der Waals surface area contributed by atoms with Crippen molar-refractivity contribution in [3.63, 3.8) is 0 Å². The molecule has 0 radical (unpaired) electrons. The van der Waals surface area contributed by atoms with Crippen molar-refractivity contribution in [2.24, 2.45) is 11.3 Å². The highest BCUT2D eigenvalue weighted by Gasteiger charge is 2.62. The maximum absolute atomic E-state index is 14.4. The Labute approximate surface area is 322 Å². The van der Waals surface area contributed by atoms with Crippen LogP contribution in [0.4, 0.5) is 28.4 Å². The molecule has 5 atom stereocenters. The molecule has 2 aliphatic carbocycles. The molecule has 5 unspecified atom stereocenters. The molecule has 5 amide bonds. The lowest BCUT2D eigenvalue weighted by Crippen LogP contribution is -2.60. The highest BCUT2D eigenvalue weighted by atomic mass is 32.2. The molecule has 5 rings (SSSR count). The van der Waals surface area contributed by atoms with Crippen molar-refractivity contribution in [1.29, 1.82) is 0 Å². The van der Waals surface area contributed by atoms with Gasteiger partial charge in [0.1, 0.15) is 29.3 Å². The number of halogens is 3. The van der Waals surface area contributed by atoms with Crippen molar-refractivity contribution in [2.45, 2.75) is 108 Å². The van der Waals surface area contributed by atoms with Gasteiger partial charge in [-0.2, -0.15) is 13.2 Å². The number of carbonyl (C=O) groups excluding carboxylic acids is 5. The minimum atomic E-state index is -4.73. The van der Waals surface area contributed by atoms with Crippen molar-refractivity contribution in [2.75, 3.05) is 11.9 Å². The zero-order chi connectivity index (χ0) is 41.6. The van der Waals surface area contributed by atoms with Crippen LogP contribution in [0.25, 0.3) is 5.69 Å². The highest BCUT2D eigenvalue weighted by molar-refractivity contribution is 7.91. The number of rotatable bonds is 11. The Morgan fingerprint density at radius 3 is 2.18 bits per heavy atom. The van der Waals surface area contributed by atoms with Gasteiger partial charge in [-0.1, -0.05) is 26.8 Å². The summed E-state index contributed by atoms with van der Waals surface area (Å²) in [4.78, 5) is 69.3. The number of anilines is 1. The summed E-state index contributed by atoms with van der Waals surface area (Å²) < 4.78 is 80.9. The quantitative estimate of drug-likeness (QED) is 0.235. The molecule has 15 nitrogen and oxygen atoms in total. The number of alkyl halides is 3. The smallest absolute Gasteiger partial charge is 0.416 e. The Bertz CT molecular complexity index is 1990. The molecule has 2 aromatic rings. The average Bonchev–Trinajstić information content (AvgIpc) is 3.94. The van der Waals surface area contributed by atoms with Crippen LogP contribution in [0, 0.1) is 11.3 Å². The third-order valence-corrected chi connectivity index (χ3v) is 11.4. The number of hydrogen-bond donors (Lipinski definition) is 4. The Hall–Kier alpha value is -5.07. The third-order valence-electron chi connectivity index (χ3n) is 9.59. The molecule has 1 aliphatic heterocycles. The Morgan fingerprint density at radius 2 is 1.64 bits per heavy atom. The van der Waals surface area contributed by atoms with Gasteiger partial charge >= 0.3 is 18.4 Å². The topological polar surface area (TPSA) is 194 Å². The van der Waals surface area contributed by atoms with Crippen molar-refractivity contribution in [3.05, 3.63) is 60.9 Å². The summed E-state index contributed by atoms with van der Waals surface area (Å²) in [5, 5.41) is 6.82. The number of likely N-dealkylation sites (tertiary alicyclic amines) is 1. The highest BCUT2D eigenvalue weighted by Crippen LogP contribution is 2.45. The van der Waals surface area contributed by atoms with Crippen LogP contribution in [0.3, 0.4) is 0 Å². The predicted octanol–water partition coefficient (Wildman–Crippen LogP) is 4.62. The Kier molecular flexibility index (Phi) is 11.4. The lowest BCUT2D eigenvalue weighted by Gasteiger charge is -2.36. The molecule has 4 N–H and O–H groups in total. The lowest BCUT2D eigenvalue weighted by molar-refractivity contribution is -0.143. The molecule has 0 bridgehead atoms. The first kappa shape index (κ1) is 42.1. The van der Waals surface area contributed by atoms with Crippen molar-refractivity contribution >= 4 is 45.6 Å². The van der Waals surface area contributed by atoms with Crippen LogP contribution < -0.4 is 20.7 Å². The zero-order valence-electron chi connectivity index (χ0n) is 31.9. The van der Waals surface area contributed by atoms with E-state index in [1.165, 1.54) is 16.7 Å². The van der Waals surface area contributed by atoms with Gasteiger partial charge in [0, 0.05) is 24.7 Å². The van der Waals surface area contributed by atoms with Gasteiger partial charge in [0.15, 0.2) is 0 Å². The third kappa shape index (κ3) is 9.65. The largest absolute Gasteiger partial charge is 0.444 e. The standard InChI is InChI=1S/C37H47F3N6O9S/c1-8-21-19-36(21,31(49)44-56(52,53)24-12-13-24)43-29(47)27-18-23(20-46(27)30(48)28(34(2,3)4)42-33(51)55-35(5,6)7)54-32(50)41-25-17-22(37(38,39)40)11-14-26(25)45-15-9-10-16-45/h8-11,14-17,21,23-24,27-28H,1,12-13,18-20H2,2-7H3,(H,41,50)(H,42,51)(H,43,47)(H,44,49). The first-order valence-electron chi connectivity index (χ1n) is 18.0. The summed E-state index contributed by atoms with van der Waals surface area (Å²) in [7, 11) is -4.00. The molecule has 19 heteroatoms. The molecule has 3 fully saturated rings. The first-order valence-corrected chi connectivity index (χ1v) is 19.5. The summed E-state index contributed by atoms with van der Waals surface area (Å²) in [5.74, 6) is -3.27. The van der Waals surface area contributed by atoms with Gasteiger partial charge in [-0.15, -0.1) is 6.58 Å². The fourth-order valence-electron chi connectivity index (χ4n) is 6.46. The van der Waals surface area contributed by atoms with E-state index in [9.17, 15) is 45.6 Å². The predicted molar refractivity (Wildman–Crippen MR) is 197 cm³/mol. The summed E-state index contributed by atoms with van der Waals surface area (Å²) in [6.07, 6.45) is -3.09. The molecule has 2 saturated carbocycles. The summed E-state index contributed by atoms with van der Waals surface area (Å²) in [6.45, 7) is 13.2. The Morgan fingerprint density at radius 1 is 1.00 bits per heavy atom. The number of ether oxygens (including phenoxy) is 2. The maximum atomic E-state index is 14.4. The number of alkyl carbamates (subject to hydrolysis) is 1. The molecule has 2 heterocycles. The molecule has 3 aliphatic rings. The minimum absolute atomic E-state index is 0.0167. The van der Waals surface area contributed by atoms with Crippen LogP contribution in [0.2, 0.25) is 0 Å². The van der Waals surface area contributed by atoms with Gasteiger partial charge in [0.2, 0.25) is 21.8 Å². The number of nitrogens with zero attached hydrogens (tertiary/aromatic N) is 2. The normalized spacial score (nSPS) is 23.0. The molecule has 0 spiro atoms. The second-order valence-electron chi connectivity index (χ2n) is 16.3. The molecule has 306 valence electrons. The second-order valence-corrected chi connectivity index (χ2v) is 18.3. The van der Waals surface area contributed by atoms with Crippen LogP contribution in [0.1, 0.15) is 72.8 Å². The molecular formula is C37H47F3N6O9S. The van der Waals surface area contributed by atoms with Gasteiger partial charge in [-0.3, -0.25) is 24.4 Å². The van der Waals surface area contributed by atoms with Crippen molar-refractivity contribution < 1.29 is 55.0 Å². The van der Waals surface area contributed by atoms with E-state index in [0.717, 1.165) is 17.0 Å². The molecule has 1 aromatic carbocycles. The van der Waals surface area contributed by atoms with Crippen LogP contribution in [0.15, 0.2) is 55.4 Å². The van der Waals surface area contributed by atoms with E-state index in [1.807, 2.05) is 0 Å². The summed E-state index contributed by atoms with van der Waals surface area (Å²) in [6, 6.07) is 3.33. The summed E-state index contributed by atoms with van der Waals surface area (Å²) in [5.41, 5.74) is -4.69.